The summed E-state index contributed by atoms with van der Waals surface area (Å²) in [5.74, 6) is -0.154. The minimum atomic E-state index is -0.749. The highest BCUT2D eigenvalue weighted by atomic mass is 79.9. The highest BCUT2D eigenvalue weighted by Crippen LogP contribution is 2.31. The summed E-state index contributed by atoms with van der Waals surface area (Å²) >= 11 is 3.36. The molecule has 158 valence electrons. The van der Waals surface area contributed by atoms with Gasteiger partial charge in [-0.05, 0) is 50.2 Å². The Morgan fingerprint density at radius 1 is 1.23 bits per heavy atom. The fraction of sp³-hybridized carbons (Fsp3) is 0.318. The van der Waals surface area contributed by atoms with Crippen molar-refractivity contribution in [2.75, 3.05) is 23.8 Å². The van der Waals surface area contributed by atoms with Crippen LogP contribution in [0.4, 0.5) is 11.4 Å². The van der Waals surface area contributed by atoms with Crippen LogP contribution in [0.1, 0.15) is 20.3 Å². The van der Waals surface area contributed by atoms with Gasteiger partial charge in [0, 0.05) is 24.0 Å². The number of fused-ring (bicyclic) bond motifs is 1. The van der Waals surface area contributed by atoms with Crippen molar-refractivity contribution in [1.82, 2.24) is 4.90 Å². The average molecular weight is 474 g/mol. The number of carbonyl (C=O) groups is 3. The first-order chi connectivity index (χ1) is 14.3. The molecule has 2 atom stereocenters. The van der Waals surface area contributed by atoms with E-state index in [2.05, 4.69) is 21.2 Å². The van der Waals surface area contributed by atoms with Gasteiger partial charge < -0.3 is 19.9 Å². The molecule has 0 radical (unpaired) electrons. The van der Waals surface area contributed by atoms with E-state index in [1.165, 1.54) is 4.90 Å². The SMILES string of the molecule is C[C@@H](Oc1ccc(Br)cc1)C(=O)N(C)CC(=O)N1c2ccccc2NC(=O)C[C@@H]1C. The van der Waals surface area contributed by atoms with Crippen molar-refractivity contribution >= 4 is 45.0 Å². The summed E-state index contributed by atoms with van der Waals surface area (Å²) in [4.78, 5) is 40.9. The number of hydrogen-bond acceptors (Lipinski definition) is 4. The molecule has 1 N–H and O–H groups in total. The third-order valence-corrected chi connectivity index (χ3v) is 5.38. The zero-order valence-electron chi connectivity index (χ0n) is 17.1. The number of amides is 3. The zero-order valence-corrected chi connectivity index (χ0v) is 18.7. The fourth-order valence-electron chi connectivity index (χ4n) is 3.40. The van der Waals surface area contributed by atoms with Gasteiger partial charge in [-0.1, -0.05) is 28.1 Å². The molecule has 30 heavy (non-hydrogen) atoms. The largest absolute Gasteiger partial charge is 0.481 e. The van der Waals surface area contributed by atoms with Crippen LogP contribution in [0.2, 0.25) is 0 Å². The lowest BCUT2D eigenvalue weighted by molar-refractivity contribution is -0.139. The van der Waals surface area contributed by atoms with Gasteiger partial charge in [-0.25, -0.2) is 0 Å². The molecule has 0 aliphatic carbocycles. The molecule has 3 rings (SSSR count). The van der Waals surface area contributed by atoms with Gasteiger partial charge in [0.1, 0.15) is 5.75 Å². The maximum atomic E-state index is 13.1. The van der Waals surface area contributed by atoms with Crippen LogP contribution in [0.15, 0.2) is 53.0 Å². The second-order valence-electron chi connectivity index (χ2n) is 7.29. The van der Waals surface area contributed by atoms with Crippen LogP contribution >= 0.6 is 15.9 Å². The maximum Gasteiger partial charge on any atom is 0.263 e. The van der Waals surface area contributed by atoms with Crippen molar-refractivity contribution in [2.45, 2.75) is 32.4 Å². The molecule has 1 aliphatic heterocycles. The summed E-state index contributed by atoms with van der Waals surface area (Å²) in [6.07, 6.45) is -0.567. The number of likely N-dealkylation sites (N-methyl/N-ethyl adjacent to an activating group) is 1. The van der Waals surface area contributed by atoms with Crippen LogP contribution in [0.5, 0.6) is 5.75 Å². The number of nitrogens with one attached hydrogen (secondary N) is 1. The van der Waals surface area contributed by atoms with Crippen LogP contribution < -0.4 is 15.0 Å². The second kappa shape index (κ2) is 9.30. The summed E-state index contributed by atoms with van der Waals surface area (Å²) in [5.41, 5.74) is 1.21. The Morgan fingerprint density at radius 2 is 1.90 bits per heavy atom. The molecule has 0 saturated heterocycles. The molecule has 0 fully saturated rings. The normalized spacial score (nSPS) is 16.7. The molecular weight excluding hydrogens is 450 g/mol. The molecule has 1 aliphatic rings. The number of carbonyl (C=O) groups excluding carboxylic acids is 3. The van der Waals surface area contributed by atoms with Crippen LogP contribution in [0.3, 0.4) is 0 Å². The zero-order chi connectivity index (χ0) is 21.8. The third-order valence-electron chi connectivity index (χ3n) is 4.85. The molecule has 0 aromatic heterocycles. The van der Waals surface area contributed by atoms with Crippen molar-refractivity contribution in [2.24, 2.45) is 0 Å². The highest BCUT2D eigenvalue weighted by Gasteiger charge is 2.31. The Morgan fingerprint density at radius 3 is 2.60 bits per heavy atom. The van der Waals surface area contributed by atoms with Gasteiger partial charge in [0.05, 0.1) is 17.9 Å². The lowest BCUT2D eigenvalue weighted by Gasteiger charge is -2.30. The Labute approximate surface area is 184 Å². The van der Waals surface area contributed by atoms with Crippen LogP contribution in [-0.2, 0) is 14.4 Å². The van der Waals surface area contributed by atoms with Crippen molar-refractivity contribution < 1.29 is 19.1 Å². The van der Waals surface area contributed by atoms with Gasteiger partial charge in [0.15, 0.2) is 6.10 Å². The fourth-order valence-corrected chi connectivity index (χ4v) is 3.67. The topological polar surface area (TPSA) is 79.0 Å². The molecular formula is C22H24BrN3O4. The number of rotatable bonds is 5. The van der Waals surface area contributed by atoms with E-state index in [1.807, 2.05) is 25.1 Å². The molecule has 2 aromatic carbocycles. The van der Waals surface area contributed by atoms with E-state index in [9.17, 15) is 14.4 Å². The predicted octanol–water partition coefficient (Wildman–Crippen LogP) is 3.44. The summed E-state index contributed by atoms with van der Waals surface area (Å²) in [6, 6.07) is 14.0. The second-order valence-corrected chi connectivity index (χ2v) is 8.21. The number of nitrogens with zero attached hydrogens (tertiary/aromatic N) is 2. The van der Waals surface area contributed by atoms with E-state index < -0.39 is 6.10 Å². The molecule has 0 unspecified atom stereocenters. The van der Waals surface area contributed by atoms with E-state index in [-0.39, 0.29) is 36.7 Å². The van der Waals surface area contributed by atoms with Gasteiger partial charge >= 0.3 is 0 Å². The number of anilines is 2. The Hall–Kier alpha value is -2.87. The lowest BCUT2D eigenvalue weighted by Crippen LogP contribution is -2.47. The van der Waals surface area contributed by atoms with E-state index in [4.69, 9.17) is 4.74 Å². The first kappa shape index (κ1) is 21.8. The van der Waals surface area contributed by atoms with Gasteiger partial charge in [0.25, 0.3) is 5.91 Å². The maximum absolute atomic E-state index is 13.1. The number of para-hydroxylation sites is 2. The number of ether oxygens (including phenoxy) is 1. The third kappa shape index (κ3) is 4.99. The minimum absolute atomic E-state index is 0.125. The van der Waals surface area contributed by atoms with Gasteiger partial charge in [-0.15, -0.1) is 0 Å². The van der Waals surface area contributed by atoms with Crippen LogP contribution in [0.25, 0.3) is 0 Å². The number of benzene rings is 2. The van der Waals surface area contributed by atoms with E-state index in [1.54, 1.807) is 49.2 Å². The van der Waals surface area contributed by atoms with Crippen LogP contribution in [0, 0.1) is 0 Å². The average Bonchev–Trinajstić information content (AvgIpc) is 2.83. The number of halogens is 1. The summed E-state index contributed by atoms with van der Waals surface area (Å²) < 4.78 is 6.61. The molecule has 1 heterocycles. The molecule has 2 aromatic rings. The Bertz CT molecular complexity index is 948. The first-order valence-electron chi connectivity index (χ1n) is 9.64. The highest BCUT2D eigenvalue weighted by molar-refractivity contribution is 9.10. The molecule has 0 saturated carbocycles. The van der Waals surface area contributed by atoms with Crippen LogP contribution in [-0.4, -0.2) is 48.4 Å². The van der Waals surface area contributed by atoms with Crippen molar-refractivity contribution in [1.29, 1.82) is 0 Å². The molecule has 0 bridgehead atoms. The molecule has 8 heteroatoms. The standard InChI is InChI=1S/C22H24BrN3O4/c1-14-12-20(27)24-18-6-4-5-7-19(18)26(14)21(28)13-25(3)22(29)15(2)30-17-10-8-16(23)9-11-17/h4-11,14-15H,12-13H2,1-3H3,(H,24,27)/t14-,15+/m0/s1. The van der Waals surface area contributed by atoms with Gasteiger partial charge in [-0.2, -0.15) is 0 Å². The smallest absolute Gasteiger partial charge is 0.263 e. The number of hydrogen-bond donors (Lipinski definition) is 1. The molecule has 0 spiro atoms. The van der Waals surface area contributed by atoms with E-state index in [0.717, 1.165) is 4.47 Å². The molecule has 7 nitrogen and oxygen atoms in total. The summed E-state index contributed by atoms with van der Waals surface area (Å²) in [6.45, 7) is 3.35. The lowest BCUT2D eigenvalue weighted by atomic mass is 10.1. The summed E-state index contributed by atoms with van der Waals surface area (Å²) in [7, 11) is 1.57. The van der Waals surface area contributed by atoms with Crippen molar-refractivity contribution in [3.8, 4) is 5.75 Å². The predicted molar refractivity (Wildman–Crippen MR) is 119 cm³/mol. The van der Waals surface area contributed by atoms with Crippen molar-refractivity contribution in [3.63, 3.8) is 0 Å². The minimum Gasteiger partial charge on any atom is -0.481 e. The summed E-state index contributed by atoms with van der Waals surface area (Å²) in [5, 5.41) is 2.83. The van der Waals surface area contributed by atoms with Gasteiger partial charge in [-0.3, -0.25) is 14.4 Å². The van der Waals surface area contributed by atoms with Gasteiger partial charge in [0.2, 0.25) is 11.8 Å². The van der Waals surface area contributed by atoms with Crippen molar-refractivity contribution in [3.05, 3.63) is 53.0 Å². The quantitative estimate of drug-likeness (QED) is 0.721. The Kier molecular flexibility index (Phi) is 6.77. The first-order valence-corrected chi connectivity index (χ1v) is 10.4. The molecule has 3 amide bonds. The van der Waals surface area contributed by atoms with E-state index in [0.29, 0.717) is 17.1 Å². The Balaban J connectivity index is 1.70. The monoisotopic (exact) mass is 473 g/mol. The van der Waals surface area contributed by atoms with E-state index >= 15 is 0 Å².